The molecule has 0 aliphatic carbocycles. The monoisotopic (exact) mass is 363 g/mol. The number of fused-ring (bicyclic) bond motifs is 1. The second-order valence-corrected chi connectivity index (χ2v) is 7.79. The summed E-state index contributed by atoms with van der Waals surface area (Å²) in [6.45, 7) is 2.81. The number of aryl methyl sites for hydroxylation is 1. The maximum atomic E-state index is 13.3. The van der Waals surface area contributed by atoms with E-state index in [1.54, 1.807) is 0 Å². The number of hydrogen-bond acceptors (Lipinski definition) is 2. The van der Waals surface area contributed by atoms with Crippen LogP contribution in [0.2, 0.25) is 0 Å². The van der Waals surface area contributed by atoms with Crippen LogP contribution < -0.4 is 5.32 Å². The molecule has 2 aromatic rings. The van der Waals surface area contributed by atoms with Crippen LogP contribution in [0.4, 0.5) is 4.79 Å². The number of hydrogen-bond donors (Lipinski definition) is 1. The summed E-state index contributed by atoms with van der Waals surface area (Å²) in [7, 11) is 2.17. The zero-order valence-electron chi connectivity index (χ0n) is 16.1. The fourth-order valence-electron chi connectivity index (χ4n) is 4.49. The molecule has 0 bridgehead atoms. The maximum absolute atomic E-state index is 13.3. The molecule has 4 nitrogen and oxygen atoms in total. The number of urea groups is 1. The number of nitrogens with zero attached hydrogens (tertiary/aromatic N) is 2. The average molecular weight is 364 g/mol. The average Bonchev–Trinajstić information content (AvgIpc) is 2.77. The Morgan fingerprint density at radius 2 is 1.67 bits per heavy atom. The van der Waals surface area contributed by atoms with Gasteiger partial charge in [-0.2, -0.15) is 0 Å². The first kappa shape index (κ1) is 18.1. The fourth-order valence-corrected chi connectivity index (χ4v) is 4.49. The number of carbonyl (C=O) groups is 1. The number of carbonyl (C=O) groups excluding carboxylic acids is 1. The zero-order chi connectivity index (χ0) is 18.6. The van der Waals surface area contributed by atoms with E-state index in [0.29, 0.717) is 0 Å². The third-order valence-corrected chi connectivity index (χ3v) is 5.96. The molecule has 0 radical (unpaired) electrons. The van der Waals surface area contributed by atoms with E-state index in [0.717, 1.165) is 45.3 Å². The van der Waals surface area contributed by atoms with E-state index in [4.69, 9.17) is 0 Å². The fraction of sp³-hybridized carbons (Fsp3) is 0.435. The predicted molar refractivity (Wildman–Crippen MR) is 109 cm³/mol. The number of likely N-dealkylation sites (tertiary alicyclic amines) is 1. The van der Waals surface area contributed by atoms with Crippen molar-refractivity contribution in [3.63, 3.8) is 0 Å². The molecule has 2 aliphatic rings. The Hall–Kier alpha value is -2.33. The third-order valence-electron chi connectivity index (χ3n) is 5.96. The van der Waals surface area contributed by atoms with E-state index in [1.807, 2.05) is 6.07 Å². The first-order valence-corrected chi connectivity index (χ1v) is 10.1. The lowest BCUT2D eigenvalue weighted by molar-refractivity contribution is 0.113. The van der Waals surface area contributed by atoms with Crippen LogP contribution in [-0.4, -0.2) is 48.6 Å². The molecule has 1 saturated heterocycles. The van der Waals surface area contributed by atoms with Crippen molar-refractivity contribution in [1.82, 2.24) is 15.1 Å². The van der Waals surface area contributed by atoms with Crippen molar-refractivity contribution in [1.29, 1.82) is 0 Å². The van der Waals surface area contributed by atoms with E-state index in [2.05, 4.69) is 70.7 Å². The molecule has 1 atom stereocenters. The molecule has 2 amide bonds. The van der Waals surface area contributed by atoms with Gasteiger partial charge in [0, 0.05) is 12.6 Å². The Morgan fingerprint density at radius 1 is 0.963 bits per heavy atom. The topological polar surface area (TPSA) is 35.6 Å². The van der Waals surface area contributed by atoms with E-state index < -0.39 is 0 Å². The van der Waals surface area contributed by atoms with Crippen LogP contribution >= 0.6 is 0 Å². The van der Waals surface area contributed by atoms with Crippen molar-refractivity contribution in [2.45, 2.75) is 37.8 Å². The van der Waals surface area contributed by atoms with E-state index in [1.165, 1.54) is 16.7 Å². The molecule has 1 N–H and O–H groups in total. The molecule has 2 aliphatic heterocycles. The van der Waals surface area contributed by atoms with Gasteiger partial charge in [0.1, 0.15) is 0 Å². The van der Waals surface area contributed by atoms with Gasteiger partial charge in [0.2, 0.25) is 0 Å². The van der Waals surface area contributed by atoms with Crippen molar-refractivity contribution in [2.24, 2.45) is 0 Å². The molecule has 27 heavy (non-hydrogen) atoms. The van der Waals surface area contributed by atoms with Crippen LogP contribution in [0, 0.1) is 0 Å². The second kappa shape index (κ2) is 8.13. The van der Waals surface area contributed by atoms with Gasteiger partial charge in [0.25, 0.3) is 0 Å². The molecule has 142 valence electrons. The van der Waals surface area contributed by atoms with Crippen molar-refractivity contribution in [2.75, 3.05) is 26.7 Å². The number of amides is 2. The van der Waals surface area contributed by atoms with Crippen molar-refractivity contribution >= 4 is 6.03 Å². The second-order valence-electron chi connectivity index (χ2n) is 7.79. The van der Waals surface area contributed by atoms with Gasteiger partial charge >= 0.3 is 6.03 Å². The van der Waals surface area contributed by atoms with Gasteiger partial charge in [-0.15, -0.1) is 0 Å². The van der Waals surface area contributed by atoms with Crippen LogP contribution in [0.1, 0.15) is 42.0 Å². The van der Waals surface area contributed by atoms with Crippen LogP contribution in [0.15, 0.2) is 54.6 Å². The van der Waals surface area contributed by atoms with E-state index >= 15 is 0 Å². The van der Waals surface area contributed by atoms with Crippen molar-refractivity contribution in [3.05, 3.63) is 71.3 Å². The lowest BCUT2D eigenvalue weighted by Gasteiger charge is -2.42. The normalized spacial score (nSPS) is 22.3. The van der Waals surface area contributed by atoms with Crippen LogP contribution in [-0.2, 0) is 6.42 Å². The molecule has 1 fully saturated rings. The van der Waals surface area contributed by atoms with E-state index in [9.17, 15) is 4.79 Å². The molecular weight excluding hydrogens is 334 g/mol. The Kier molecular flexibility index (Phi) is 5.44. The molecule has 4 heteroatoms. The summed E-state index contributed by atoms with van der Waals surface area (Å²) in [5.41, 5.74) is 3.83. The molecular formula is C23H29N3O. The number of piperidine rings is 1. The molecule has 0 aromatic heterocycles. The highest BCUT2D eigenvalue weighted by Gasteiger charge is 2.35. The summed E-state index contributed by atoms with van der Waals surface area (Å²) < 4.78 is 0. The highest BCUT2D eigenvalue weighted by molar-refractivity contribution is 5.76. The summed E-state index contributed by atoms with van der Waals surface area (Å²) >= 11 is 0. The summed E-state index contributed by atoms with van der Waals surface area (Å²) in [5.74, 6) is 0. The quantitative estimate of drug-likeness (QED) is 0.880. The van der Waals surface area contributed by atoms with Gasteiger partial charge in [0.15, 0.2) is 0 Å². The lowest BCUT2D eigenvalue weighted by Crippen LogP contribution is -2.51. The van der Waals surface area contributed by atoms with Gasteiger partial charge in [0.05, 0.1) is 6.04 Å². The van der Waals surface area contributed by atoms with Crippen LogP contribution in [0.5, 0.6) is 0 Å². The standard InChI is InChI=1S/C23H29N3O/c1-25-16-13-20(14-17-25)26-22(19-9-3-2-4-10-19)21-12-6-5-8-18(21)11-7-15-24-23(26)27/h2-6,8-10,12,20,22H,7,11,13-17H2,1H3,(H,24,27). The molecule has 2 aromatic carbocycles. The summed E-state index contributed by atoms with van der Waals surface area (Å²) in [6.07, 6.45) is 4.03. The molecule has 0 spiro atoms. The number of nitrogens with one attached hydrogen (secondary N) is 1. The van der Waals surface area contributed by atoms with Gasteiger partial charge in [-0.25, -0.2) is 4.79 Å². The largest absolute Gasteiger partial charge is 0.338 e. The SMILES string of the molecule is CN1CCC(N2C(=O)NCCCc3ccccc3C2c2ccccc2)CC1. The van der Waals surface area contributed by atoms with Gasteiger partial charge in [-0.3, -0.25) is 0 Å². The molecule has 4 rings (SSSR count). The van der Waals surface area contributed by atoms with Gasteiger partial charge in [-0.1, -0.05) is 54.6 Å². The number of rotatable bonds is 2. The Labute approximate surface area is 162 Å². The minimum absolute atomic E-state index is 0.0334. The molecule has 0 saturated carbocycles. The highest BCUT2D eigenvalue weighted by Crippen LogP contribution is 2.35. The Morgan fingerprint density at radius 3 is 2.44 bits per heavy atom. The third kappa shape index (κ3) is 3.86. The van der Waals surface area contributed by atoms with Crippen molar-refractivity contribution < 1.29 is 4.79 Å². The first-order chi connectivity index (χ1) is 13.2. The van der Waals surface area contributed by atoms with E-state index in [-0.39, 0.29) is 18.1 Å². The van der Waals surface area contributed by atoms with Gasteiger partial charge in [-0.05, 0) is 62.5 Å². The zero-order valence-corrected chi connectivity index (χ0v) is 16.1. The predicted octanol–water partition coefficient (Wildman–Crippen LogP) is 3.83. The number of benzene rings is 2. The first-order valence-electron chi connectivity index (χ1n) is 10.1. The lowest BCUT2D eigenvalue weighted by atomic mass is 9.89. The molecule has 2 heterocycles. The highest BCUT2D eigenvalue weighted by atomic mass is 16.2. The Balaban J connectivity index is 1.82. The van der Waals surface area contributed by atoms with Crippen LogP contribution in [0.3, 0.4) is 0 Å². The van der Waals surface area contributed by atoms with Crippen molar-refractivity contribution in [3.8, 4) is 0 Å². The summed E-state index contributed by atoms with van der Waals surface area (Å²) in [6, 6.07) is 19.5. The minimum atomic E-state index is -0.0334. The van der Waals surface area contributed by atoms with Crippen LogP contribution in [0.25, 0.3) is 0 Å². The van der Waals surface area contributed by atoms with Gasteiger partial charge < -0.3 is 15.1 Å². The maximum Gasteiger partial charge on any atom is 0.318 e. The Bertz CT molecular complexity index is 768. The summed E-state index contributed by atoms with van der Waals surface area (Å²) in [5, 5.41) is 3.19. The summed E-state index contributed by atoms with van der Waals surface area (Å²) in [4.78, 5) is 17.8. The smallest absolute Gasteiger partial charge is 0.318 e. The molecule has 1 unspecified atom stereocenters. The minimum Gasteiger partial charge on any atom is -0.338 e.